The fourth-order valence-corrected chi connectivity index (χ4v) is 4.78. The first-order valence-electron chi connectivity index (χ1n) is 9.28. The smallest absolute Gasteiger partial charge is 0.229 e. The summed E-state index contributed by atoms with van der Waals surface area (Å²) in [4.78, 5) is 17.1. The lowest BCUT2D eigenvalue weighted by Gasteiger charge is -2.27. The molecule has 140 valence electrons. The number of amides is 1. The maximum Gasteiger partial charge on any atom is 0.229 e. The van der Waals surface area contributed by atoms with Gasteiger partial charge >= 0.3 is 0 Å². The van der Waals surface area contributed by atoms with Crippen LogP contribution in [0.4, 0.5) is 5.13 Å². The lowest BCUT2D eigenvalue weighted by molar-refractivity contribution is -0.121. The van der Waals surface area contributed by atoms with Crippen molar-refractivity contribution in [2.24, 2.45) is 11.8 Å². The molecule has 1 aromatic heterocycles. The van der Waals surface area contributed by atoms with Gasteiger partial charge in [-0.2, -0.15) is 0 Å². The molecule has 2 aromatic rings. The lowest BCUT2D eigenvalue weighted by Crippen LogP contribution is -2.27. The van der Waals surface area contributed by atoms with E-state index in [0.29, 0.717) is 15.2 Å². The molecule has 0 radical (unpaired) electrons. The zero-order valence-electron chi connectivity index (χ0n) is 14.9. The first kappa shape index (κ1) is 19.7. The standard InChI is InChI=1S/C20H24Cl2N2OS/c1-2-3-4-13-5-7-14(8-6-13)19(25)24-20-23-18(12-26-20)16-10-9-15(21)11-17(16)22/h9-14H,2-8H2,1H3,(H,23,24,25). The van der Waals surface area contributed by atoms with Crippen molar-refractivity contribution in [3.8, 4) is 11.3 Å². The first-order chi connectivity index (χ1) is 12.6. The molecule has 3 nitrogen and oxygen atoms in total. The van der Waals surface area contributed by atoms with Crippen LogP contribution < -0.4 is 5.32 Å². The zero-order chi connectivity index (χ0) is 18.5. The third-order valence-corrected chi connectivity index (χ3v) is 6.43. The molecule has 1 aromatic carbocycles. The zero-order valence-corrected chi connectivity index (χ0v) is 17.3. The van der Waals surface area contributed by atoms with Crippen LogP contribution in [0.3, 0.4) is 0 Å². The Morgan fingerprint density at radius 2 is 2.04 bits per heavy atom. The quantitative estimate of drug-likeness (QED) is 0.553. The molecular formula is C20H24Cl2N2OS. The molecular weight excluding hydrogens is 387 g/mol. The summed E-state index contributed by atoms with van der Waals surface area (Å²) < 4.78 is 0. The molecule has 1 saturated carbocycles. The number of hydrogen-bond donors (Lipinski definition) is 1. The Morgan fingerprint density at radius 1 is 1.27 bits per heavy atom. The van der Waals surface area contributed by atoms with Gasteiger partial charge in [-0.05, 0) is 49.8 Å². The first-order valence-corrected chi connectivity index (χ1v) is 10.9. The van der Waals surface area contributed by atoms with E-state index in [2.05, 4.69) is 17.2 Å². The van der Waals surface area contributed by atoms with Crippen LogP contribution in [0, 0.1) is 11.8 Å². The van der Waals surface area contributed by atoms with Crippen molar-refractivity contribution >= 4 is 45.6 Å². The monoisotopic (exact) mass is 410 g/mol. The van der Waals surface area contributed by atoms with E-state index in [1.807, 2.05) is 11.4 Å². The van der Waals surface area contributed by atoms with E-state index in [9.17, 15) is 4.79 Å². The van der Waals surface area contributed by atoms with Crippen LogP contribution in [0.2, 0.25) is 10.0 Å². The van der Waals surface area contributed by atoms with Gasteiger partial charge in [0.15, 0.2) is 5.13 Å². The van der Waals surface area contributed by atoms with Gasteiger partial charge in [-0.15, -0.1) is 11.3 Å². The Balaban J connectivity index is 1.57. The minimum Gasteiger partial charge on any atom is -0.302 e. The molecule has 3 rings (SSSR count). The molecule has 1 fully saturated rings. The van der Waals surface area contributed by atoms with Gasteiger partial charge in [0.2, 0.25) is 5.91 Å². The van der Waals surface area contributed by atoms with Gasteiger partial charge in [-0.25, -0.2) is 4.98 Å². The van der Waals surface area contributed by atoms with E-state index in [0.717, 1.165) is 30.0 Å². The highest BCUT2D eigenvalue weighted by molar-refractivity contribution is 7.14. The van der Waals surface area contributed by atoms with Crippen molar-refractivity contribution in [2.45, 2.75) is 51.9 Å². The molecule has 1 aliphatic carbocycles. The molecule has 1 N–H and O–H groups in total. The highest BCUT2D eigenvalue weighted by Gasteiger charge is 2.26. The number of unbranched alkanes of at least 4 members (excludes halogenated alkanes) is 1. The number of hydrogen-bond acceptors (Lipinski definition) is 3. The van der Waals surface area contributed by atoms with E-state index in [4.69, 9.17) is 23.2 Å². The molecule has 26 heavy (non-hydrogen) atoms. The normalized spacial score (nSPS) is 20.1. The topological polar surface area (TPSA) is 42.0 Å². The number of aromatic nitrogens is 1. The third-order valence-electron chi connectivity index (χ3n) is 5.12. The predicted octanol–water partition coefficient (Wildman–Crippen LogP) is 7.05. The van der Waals surface area contributed by atoms with Gasteiger partial charge in [0.25, 0.3) is 0 Å². The van der Waals surface area contributed by atoms with Crippen molar-refractivity contribution in [1.82, 2.24) is 4.98 Å². The molecule has 0 bridgehead atoms. The van der Waals surface area contributed by atoms with E-state index in [1.165, 1.54) is 43.4 Å². The summed E-state index contributed by atoms with van der Waals surface area (Å²) in [5.74, 6) is 1.01. The molecule has 0 aliphatic heterocycles. The summed E-state index contributed by atoms with van der Waals surface area (Å²) in [6, 6.07) is 5.34. The largest absolute Gasteiger partial charge is 0.302 e. The maximum atomic E-state index is 12.6. The Bertz CT molecular complexity index is 754. The minimum atomic E-state index is 0.0991. The van der Waals surface area contributed by atoms with Gasteiger partial charge in [0, 0.05) is 21.9 Å². The van der Waals surface area contributed by atoms with E-state index in [1.54, 1.807) is 12.1 Å². The Morgan fingerprint density at radius 3 is 2.73 bits per heavy atom. The van der Waals surface area contributed by atoms with Gasteiger partial charge in [0.05, 0.1) is 10.7 Å². The van der Waals surface area contributed by atoms with Crippen molar-refractivity contribution in [3.63, 3.8) is 0 Å². The second-order valence-electron chi connectivity index (χ2n) is 7.01. The maximum absolute atomic E-state index is 12.6. The van der Waals surface area contributed by atoms with Crippen LogP contribution >= 0.6 is 34.5 Å². The molecule has 0 unspecified atom stereocenters. The van der Waals surface area contributed by atoms with Gasteiger partial charge in [-0.1, -0.05) is 49.4 Å². The van der Waals surface area contributed by atoms with Crippen molar-refractivity contribution in [1.29, 1.82) is 0 Å². The van der Waals surface area contributed by atoms with Crippen molar-refractivity contribution < 1.29 is 4.79 Å². The molecule has 0 saturated heterocycles. The molecule has 6 heteroatoms. The number of benzene rings is 1. The van der Waals surface area contributed by atoms with Crippen LogP contribution in [-0.2, 0) is 4.79 Å². The highest BCUT2D eigenvalue weighted by atomic mass is 35.5. The third kappa shape index (κ3) is 4.99. The predicted molar refractivity (Wildman–Crippen MR) is 111 cm³/mol. The molecule has 0 spiro atoms. The number of anilines is 1. The summed E-state index contributed by atoms with van der Waals surface area (Å²) in [6.45, 7) is 2.23. The van der Waals surface area contributed by atoms with E-state index >= 15 is 0 Å². The summed E-state index contributed by atoms with van der Waals surface area (Å²) >= 11 is 13.6. The number of carbonyl (C=O) groups excluding carboxylic acids is 1. The number of nitrogens with one attached hydrogen (secondary N) is 1. The van der Waals surface area contributed by atoms with E-state index < -0.39 is 0 Å². The van der Waals surface area contributed by atoms with Gasteiger partial charge in [-0.3, -0.25) is 4.79 Å². The molecule has 0 atom stereocenters. The summed E-state index contributed by atoms with van der Waals surface area (Å²) in [5, 5.41) is 6.68. The Labute approximate surface area is 169 Å². The second-order valence-corrected chi connectivity index (χ2v) is 8.71. The van der Waals surface area contributed by atoms with Crippen LogP contribution in [0.1, 0.15) is 51.9 Å². The van der Waals surface area contributed by atoms with Crippen molar-refractivity contribution in [3.05, 3.63) is 33.6 Å². The van der Waals surface area contributed by atoms with Crippen molar-refractivity contribution in [2.75, 3.05) is 5.32 Å². The van der Waals surface area contributed by atoms with Crippen LogP contribution in [0.25, 0.3) is 11.3 Å². The number of rotatable bonds is 6. The van der Waals surface area contributed by atoms with Crippen LogP contribution in [-0.4, -0.2) is 10.9 Å². The summed E-state index contributed by atoms with van der Waals surface area (Å²) in [5.41, 5.74) is 1.58. The average Bonchev–Trinajstić information content (AvgIpc) is 3.08. The SMILES string of the molecule is CCCCC1CCC(C(=O)Nc2nc(-c3ccc(Cl)cc3Cl)cs2)CC1. The van der Waals surface area contributed by atoms with Gasteiger partial charge < -0.3 is 5.32 Å². The molecule has 1 heterocycles. The number of thiazole rings is 1. The van der Waals surface area contributed by atoms with Crippen LogP contribution in [0.15, 0.2) is 23.6 Å². The minimum absolute atomic E-state index is 0.0991. The Hall–Kier alpha value is -1.10. The second kappa shape index (κ2) is 9.20. The lowest BCUT2D eigenvalue weighted by atomic mass is 9.79. The summed E-state index contributed by atoms with van der Waals surface area (Å²) in [7, 11) is 0. The fourth-order valence-electron chi connectivity index (χ4n) is 3.57. The average molecular weight is 411 g/mol. The number of carbonyl (C=O) groups is 1. The Kier molecular flexibility index (Phi) is 6.96. The molecule has 1 amide bonds. The number of nitrogens with zero attached hydrogens (tertiary/aromatic N) is 1. The molecule has 1 aliphatic rings. The van der Waals surface area contributed by atoms with Crippen LogP contribution in [0.5, 0.6) is 0 Å². The number of halogens is 2. The highest BCUT2D eigenvalue weighted by Crippen LogP contribution is 2.34. The fraction of sp³-hybridized carbons (Fsp3) is 0.500. The summed E-state index contributed by atoms with van der Waals surface area (Å²) in [6.07, 6.45) is 8.18. The van der Waals surface area contributed by atoms with Gasteiger partial charge in [0.1, 0.15) is 0 Å². The van der Waals surface area contributed by atoms with E-state index in [-0.39, 0.29) is 11.8 Å².